The van der Waals surface area contributed by atoms with Gasteiger partial charge in [0.25, 0.3) is 5.91 Å². The largest absolute Gasteiger partial charge is 0.361 e. The van der Waals surface area contributed by atoms with E-state index in [1.165, 1.54) is 20.7 Å². The van der Waals surface area contributed by atoms with Gasteiger partial charge in [-0.1, -0.05) is 24.3 Å². The van der Waals surface area contributed by atoms with Gasteiger partial charge in [-0.15, -0.1) is 11.3 Å². The topological polar surface area (TPSA) is 81.8 Å². The van der Waals surface area contributed by atoms with E-state index in [1.807, 2.05) is 24.4 Å². The van der Waals surface area contributed by atoms with Gasteiger partial charge in [0.05, 0.1) is 12.5 Å². The highest BCUT2D eigenvalue weighted by Gasteiger charge is 2.32. The zero-order valence-corrected chi connectivity index (χ0v) is 16.0. The minimum atomic E-state index is -0.304. The Hall–Kier alpha value is -2.64. The minimum Gasteiger partial charge on any atom is -0.361 e. The molecule has 140 valence electrons. The number of amides is 3. The number of rotatable bonds is 6. The molecule has 3 heterocycles. The fraction of sp³-hybridized carbons (Fsp3) is 0.300. The third kappa shape index (κ3) is 3.48. The second-order valence-electron chi connectivity index (χ2n) is 6.84. The second kappa shape index (κ2) is 7.54. The Morgan fingerprint density at radius 2 is 2.15 bits per heavy atom. The second-order valence-corrected chi connectivity index (χ2v) is 7.82. The molecule has 27 heavy (non-hydrogen) atoms. The van der Waals surface area contributed by atoms with Crippen molar-refractivity contribution in [1.29, 1.82) is 0 Å². The van der Waals surface area contributed by atoms with Gasteiger partial charge in [0.1, 0.15) is 0 Å². The normalized spacial score (nSPS) is 16.5. The maximum Gasteiger partial charge on any atom is 0.324 e. The summed E-state index contributed by atoms with van der Waals surface area (Å²) in [6, 6.07) is 11.9. The minimum absolute atomic E-state index is 0.131. The number of fused-ring (bicyclic) bond motifs is 1. The molecule has 0 spiro atoms. The molecular weight excluding hydrogens is 360 g/mol. The van der Waals surface area contributed by atoms with Crippen LogP contribution in [-0.4, -0.2) is 47.5 Å². The van der Waals surface area contributed by atoms with Crippen molar-refractivity contribution in [3.05, 3.63) is 58.4 Å². The molecule has 3 aromatic rings. The van der Waals surface area contributed by atoms with Crippen molar-refractivity contribution in [2.75, 3.05) is 19.6 Å². The van der Waals surface area contributed by atoms with E-state index in [0.29, 0.717) is 13.1 Å². The van der Waals surface area contributed by atoms with Gasteiger partial charge in [0, 0.05) is 35.1 Å². The highest BCUT2D eigenvalue weighted by molar-refractivity contribution is 7.10. The number of nitrogens with two attached hydrogens (primary N) is 1. The molecule has 4 N–H and O–H groups in total. The molecular formula is C20H23N4O2S+. The lowest BCUT2D eigenvalue weighted by atomic mass is 9.96. The molecule has 0 unspecified atom stereocenters. The average Bonchev–Trinajstić information content (AvgIpc) is 3.42. The highest BCUT2D eigenvalue weighted by atomic mass is 32.1. The first kappa shape index (κ1) is 17.8. The number of hydrogen-bond donors (Lipinski definition) is 3. The number of nitrogens with one attached hydrogen (secondary N) is 2. The van der Waals surface area contributed by atoms with Crippen molar-refractivity contribution in [2.24, 2.45) is 0 Å². The van der Waals surface area contributed by atoms with Crippen molar-refractivity contribution in [2.45, 2.75) is 18.9 Å². The van der Waals surface area contributed by atoms with E-state index < -0.39 is 0 Å². The molecule has 3 amide bonds. The van der Waals surface area contributed by atoms with Crippen molar-refractivity contribution in [1.82, 2.24) is 15.2 Å². The Morgan fingerprint density at radius 3 is 2.89 bits per heavy atom. The predicted molar refractivity (Wildman–Crippen MR) is 106 cm³/mol. The van der Waals surface area contributed by atoms with E-state index >= 15 is 0 Å². The number of carbonyl (C=O) groups is 2. The fourth-order valence-electron chi connectivity index (χ4n) is 3.64. The van der Waals surface area contributed by atoms with Crippen LogP contribution in [0.3, 0.4) is 0 Å². The Balaban J connectivity index is 1.54. The van der Waals surface area contributed by atoms with Crippen LogP contribution >= 0.6 is 11.3 Å². The van der Waals surface area contributed by atoms with E-state index in [9.17, 15) is 9.59 Å². The molecule has 0 saturated carbocycles. The number of hydrogen-bond acceptors (Lipinski definition) is 3. The molecule has 6 nitrogen and oxygen atoms in total. The zero-order chi connectivity index (χ0) is 18.8. The standard InChI is InChI=1S/C20H22N4O2S/c1-13(19(25)24-9-8-21-20(24)26)22-12-16(18-7-4-10-27-18)15-11-23-17-6-3-2-5-14(15)17/h2-7,10-11,13,16,22-23H,8-9,12H2,1H3,(H,21,26)/p+1/t13-,16+/m1/s1. The molecule has 7 heteroatoms. The number of quaternary nitrogens is 1. The molecule has 0 bridgehead atoms. The molecule has 1 saturated heterocycles. The van der Waals surface area contributed by atoms with Crippen LogP contribution in [0.4, 0.5) is 4.79 Å². The Bertz CT molecular complexity index is 950. The lowest BCUT2D eigenvalue weighted by Gasteiger charge is -2.19. The van der Waals surface area contributed by atoms with Crippen LogP contribution in [-0.2, 0) is 4.79 Å². The van der Waals surface area contributed by atoms with Gasteiger partial charge >= 0.3 is 6.03 Å². The molecule has 4 rings (SSSR count). The molecule has 1 aliphatic heterocycles. The van der Waals surface area contributed by atoms with Crippen LogP contribution < -0.4 is 10.6 Å². The van der Waals surface area contributed by atoms with Crippen LogP contribution in [0.15, 0.2) is 48.0 Å². The summed E-state index contributed by atoms with van der Waals surface area (Å²) in [4.78, 5) is 30.3. The average molecular weight is 383 g/mol. The summed E-state index contributed by atoms with van der Waals surface area (Å²) < 4.78 is 0. The van der Waals surface area contributed by atoms with Crippen LogP contribution in [0.25, 0.3) is 10.9 Å². The molecule has 1 fully saturated rings. The summed E-state index contributed by atoms with van der Waals surface area (Å²) in [6.07, 6.45) is 2.07. The van der Waals surface area contributed by atoms with Crippen LogP contribution in [0.5, 0.6) is 0 Å². The molecule has 2 atom stereocenters. The number of urea groups is 1. The summed E-state index contributed by atoms with van der Waals surface area (Å²) in [5, 5.41) is 8.02. The monoisotopic (exact) mass is 383 g/mol. The molecule has 2 aromatic heterocycles. The van der Waals surface area contributed by atoms with Crippen molar-refractivity contribution in [3.8, 4) is 0 Å². The van der Waals surface area contributed by atoms with Gasteiger partial charge in [0.15, 0.2) is 6.04 Å². The Morgan fingerprint density at radius 1 is 1.30 bits per heavy atom. The summed E-state index contributed by atoms with van der Waals surface area (Å²) >= 11 is 1.73. The maximum absolute atomic E-state index is 12.6. The molecule has 1 aliphatic rings. The van der Waals surface area contributed by atoms with Gasteiger partial charge < -0.3 is 15.6 Å². The smallest absolute Gasteiger partial charge is 0.324 e. The van der Waals surface area contributed by atoms with Gasteiger partial charge in [-0.2, -0.15) is 0 Å². The first-order chi connectivity index (χ1) is 13.1. The number of H-pyrrole nitrogens is 1. The van der Waals surface area contributed by atoms with E-state index in [0.717, 1.165) is 12.1 Å². The first-order valence-corrected chi connectivity index (χ1v) is 10.0. The number of nitrogens with zero attached hydrogens (tertiary/aromatic N) is 1. The van der Waals surface area contributed by atoms with Gasteiger partial charge in [-0.05, 0) is 30.0 Å². The zero-order valence-electron chi connectivity index (χ0n) is 15.1. The van der Waals surface area contributed by atoms with Crippen molar-refractivity contribution < 1.29 is 14.9 Å². The summed E-state index contributed by atoms with van der Waals surface area (Å²) in [6.45, 7) is 3.59. The summed E-state index contributed by atoms with van der Waals surface area (Å²) in [5.41, 5.74) is 2.36. The Labute approximate surface area is 161 Å². The van der Waals surface area contributed by atoms with Crippen LogP contribution in [0, 0.1) is 0 Å². The number of aromatic amines is 1. The number of imide groups is 1. The van der Waals surface area contributed by atoms with E-state index in [-0.39, 0.29) is 23.9 Å². The van der Waals surface area contributed by atoms with Gasteiger partial charge in [-0.25, -0.2) is 4.79 Å². The third-order valence-electron chi connectivity index (χ3n) is 5.12. The van der Waals surface area contributed by atoms with Gasteiger partial charge in [-0.3, -0.25) is 9.69 Å². The molecule has 0 aliphatic carbocycles. The van der Waals surface area contributed by atoms with Crippen LogP contribution in [0.2, 0.25) is 0 Å². The predicted octanol–water partition coefficient (Wildman–Crippen LogP) is 1.86. The quantitative estimate of drug-likeness (QED) is 0.607. The van der Waals surface area contributed by atoms with Crippen molar-refractivity contribution >= 4 is 34.2 Å². The Kier molecular flexibility index (Phi) is 4.96. The summed E-state index contributed by atoms with van der Waals surface area (Å²) in [5.74, 6) is 0.0534. The number of para-hydroxylation sites is 1. The third-order valence-corrected chi connectivity index (χ3v) is 6.11. The lowest BCUT2D eigenvalue weighted by Crippen LogP contribution is -2.92. The SMILES string of the molecule is C[C@@H]([NH2+]C[C@H](c1cccs1)c1c[nH]c2ccccc12)C(=O)N1CCNC1=O. The number of aromatic nitrogens is 1. The number of benzene rings is 1. The van der Waals surface area contributed by atoms with E-state index in [2.05, 4.69) is 46.1 Å². The first-order valence-electron chi connectivity index (χ1n) is 9.17. The number of carbonyl (C=O) groups excluding carboxylic acids is 2. The maximum atomic E-state index is 12.6. The summed E-state index contributed by atoms with van der Waals surface area (Å²) in [7, 11) is 0. The van der Waals surface area contributed by atoms with Gasteiger partial charge in [0.2, 0.25) is 0 Å². The highest BCUT2D eigenvalue weighted by Crippen LogP contribution is 2.32. The van der Waals surface area contributed by atoms with Crippen molar-refractivity contribution in [3.63, 3.8) is 0 Å². The number of thiophene rings is 1. The van der Waals surface area contributed by atoms with E-state index in [4.69, 9.17) is 0 Å². The molecule has 0 radical (unpaired) electrons. The lowest BCUT2D eigenvalue weighted by molar-refractivity contribution is -0.675. The van der Waals surface area contributed by atoms with E-state index in [1.54, 1.807) is 11.3 Å². The van der Waals surface area contributed by atoms with Crippen LogP contribution in [0.1, 0.15) is 23.3 Å². The fourth-order valence-corrected chi connectivity index (χ4v) is 4.50. The molecule has 1 aromatic carbocycles.